The van der Waals surface area contributed by atoms with E-state index in [0.29, 0.717) is 12.4 Å². The minimum absolute atomic E-state index is 0.394. The van der Waals surface area contributed by atoms with E-state index in [0.717, 1.165) is 23.3 Å². The molecule has 0 radical (unpaired) electrons. The molecular weight excluding hydrogens is 270 g/mol. The molecule has 0 fully saturated rings. The average Bonchev–Trinajstić information content (AvgIpc) is 2.74. The SMILES string of the molecule is NCc1nc(-c2ccncc2)nn1CCBr. The number of alkyl halides is 1. The Balaban J connectivity index is 2.36. The molecule has 2 rings (SSSR count). The Bertz CT molecular complexity index is 453. The summed E-state index contributed by atoms with van der Waals surface area (Å²) >= 11 is 3.38. The molecule has 2 aromatic rings. The molecule has 16 heavy (non-hydrogen) atoms. The van der Waals surface area contributed by atoms with E-state index >= 15 is 0 Å². The number of rotatable bonds is 4. The maximum Gasteiger partial charge on any atom is 0.181 e. The van der Waals surface area contributed by atoms with Gasteiger partial charge in [0.05, 0.1) is 13.1 Å². The van der Waals surface area contributed by atoms with Crippen LogP contribution in [0.1, 0.15) is 5.82 Å². The Kier molecular flexibility index (Phi) is 3.63. The summed E-state index contributed by atoms with van der Waals surface area (Å²) in [6, 6.07) is 3.77. The molecule has 0 saturated carbocycles. The van der Waals surface area contributed by atoms with Gasteiger partial charge in [0.15, 0.2) is 5.82 Å². The van der Waals surface area contributed by atoms with Gasteiger partial charge < -0.3 is 5.73 Å². The molecule has 0 aliphatic rings. The van der Waals surface area contributed by atoms with Crippen LogP contribution in [0.5, 0.6) is 0 Å². The first-order valence-electron chi connectivity index (χ1n) is 4.95. The van der Waals surface area contributed by atoms with Crippen molar-refractivity contribution < 1.29 is 0 Å². The molecule has 0 aliphatic carbocycles. The van der Waals surface area contributed by atoms with Gasteiger partial charge in [-0.3, -0.25) is 4.98 Å². The maximum atomic E-state index is 5.62. The number of aryl methyl sites for hydroxylation is 1. The zero-order valence-electron chi connectivity index (χ0n) is 8.67. The number of hydrogen-bond acceptors (Lipinski definition) is 4. The van der Waals surface area contributed by atoms with E-state index in [1.807, 2.05) is 16.8 Å². The molecule has 0 saturated heterocycles. The number of halogens is 1. The van der Waals surface area contributed by atoms with Gasteiger partial charge in [-0.1, -0.05) is 15.9 Å². The van der Waals surface area contributed by atoms with Crippen LogP contribution in [0.4, 0.5) is 0 Å². The quantitative estimate of drug-likeness (QED) is 0.855. The van der Waals surface area contributed by atoms with Crippen molar-refractivity contribution in [3.05, 3.63) is 30.4 Å². The van der Waals surface area contributed by atoms with Crippen molar-refractivity contribution in [2.45, 2.75) is 13.1 Å². The molecule has 0 atom stereocenters. The highest BCUT2D eigenvalue weighted by Crippen LogP contribution is 2.14. The van der Waals surface area contributed by atoms with E-state index in [1.54, 1.807) is 12.4 Å². The fourth-order valence-corrected chi connectivity index (χ4v) is 1.74. The van der Waals surface area contributed by atoms with Gasteiger partial charge in [-0.2, -0.15) is 5.10 Å². The van der Waals surface area contributed by atoms with Gasteiger partial charge in [0.1, 0.15) is 5.82 Å². The lowest BCUT2D eigenvalue weighted by Crippen LogP contribution is -2.10. The summed E-state index contributed by atoms with van der Waals surface area (Å²) in [6.07, 6.45) is 3.45. The predicted molar refractivity (Wildman–Crippen MR) is 64.9 cm³/mol. The third-order valence-corrected chi connectivity index (χ3v) is 2.52. The van der Waals surface area contributed by atoms with Gasteiger partial charge in [-0.25, -0.2) is 9.67 Å². The first-order valence-corrected chi connectivity index (χ1v) is 6.07. The lowest BCUT2D eigenvalue weighted by atomic mass is 10.2. The van der Waals surface area contributed by atoms with Crippen LogP contribution < -0.4 is 5.73 Å². The number of nitrogens with two attached hydrogens (primary N) is 1. The molecule has 0 amide bonds. The minimum atomic E-state index is 0.394. The zero-order chi connectivity index (χ0) is 11.4. The second kappa shape index (κ2) is 5.18. The molecule has 2 aromatic heterocycles. The summed E-state index contributed by atoms with van der Waals surface area (Å²) in [5.74, 6) is 1.50. The normalized spacial score (nSPS) is 10.6. The van der Waals surface area contributed by atoms with Crippen LogP contribution in [0.25, 0.3) is 11.4 Å². The van der Waals surface area contributed by atoms with E-state index in [9.17, 15) is 0 Å². The maximum absolute atomic E-state index is 5.62. The topological polar surface area (TPSA) is 69.6 Å². The van der Waals surface area contributed by atoms with Gasteiger partial charge in [0.2, 0.25) is 0 Å². The third kappa shape index (κ3) is 2.28. The van der Waals surface area contributed by atoms with E-state index in [2.05, 4.69) is 31.0 Å². The lowest BCUT2D eigenvalue weighted by Gasteiger charge is -1.99. The molecular formula is C10H12BrN5. The van der Waals surface area contributed by atoms with Gasteiger partial charge in [-0.15, -0.1) is 0 Å². The van der Waals surface area contributed by atoms with Gasteiger partial charge in [-0.05, 0) is 12.1 Å². The standard InChI is InChI=1S/C10H12BrN5/c11-3-6-16-9(7-12)14-10(15-16)8-1-4-13-5-2-8/h1-2,4-5H,3,6-7,12H2. The Morgan fingerprint density at radius 2 is 2.06 bits per heavy atom. The largest absolute Gasteiger partial charge is 0.324 e. The van der Waals surface area contributed by atoms with Crippen LogP contribution in [0, 0.1) is 0 Å². The molecule has 0 spiro atoms. The summed E-state index contributed by atoms with van der Waals surface area (Å²) in [5, 5.41) is 5.24. The predicted octanol–water partition coefficient (Wildman–Crippen LogP) is 1.19. The first-order chi connectivity index (χ1) is 7.85. The minimum Gasteiger partial charge on any atom is -0.324 e. The van der Waals surface area contributed by atoms with E-state index in [-0.39, 0.29) is 0 Å². The highest BCUT2D eigenvalue weighted by Gasteiger charge is 2.09. The van der Waals surface area contributed by atoms with Crippen molar-refractivity contribution in [1.29, 1.82) is 0 Å². The monoisotopic (exact) mass is 281 g/mol. The van der Waals surface area contributed by atoms with Crippen LogP contribution in [0.15, 0.2) is 24.5 Å². The van der Waals surface area contributed by atoms with Gasteiger partial charge in [0.25, 0.3) is 0 Å². The Labute approximate surface area is 102 Å². The molecule has 6 heteroatoms. The summed E-state index contributed by atoms with van der Waals surface area (Å²) in [6.45, 7) is 1.16. The number of pyridine rings is 1. The zero-order valence-corrected chi connectivity index (χ0v) is 10.3. The van der Waals surface area contributed by atoms with E-state index in [4.69, 9.17) is 5.73 Å². The molecule has 2 heterocycles. The summed E-state index contributed by atoms with van der Waals surface area (Å²) < 4.78 is 1.82. The van der Waals surface area contributed by atoms with Crippen LogP contribution in [-0.4, -0.2) is 25.1 Å². The van der Waals surface area contributed by atoms with E-state index in [1.165, 1.54) is 0 Å². The lowest BCUT2D eigenvalue weighted by molar-refractivity contribution is 0.625. The molecule has 0 aliphatic heterocycles. The highest BCUT2D eigenvalue weighted by molar-refractivity contribution is 9.09. The third-order valence-electron chi connectivity index (χ3n) is 2.17. The Morgan fingerprint density at radius 3 is 2.69 bits per heavy atom. The van der Waals surface area contributed by atoms with Crippen LogP contribution in [0.3, 0.4) is 0 Å². The molecule has 0 aromatic carbocycles. The van der Waals surface area contributed by atoms with Crippen molar-refractivity contribution in [2.24, 2.45) is 5.73 Å². The summed E-state index contributed by atoms with van der Waals surface area (Å²) in [7, 11) is 0. The van der Waals surface area contributed by atoms with Crippen LogP contribution in [0.2, 0.25) is 0 Å². The number of nitrogens with zero attached hydrogens (tertiary/aromatic N) is 4. The van der Waals surface area contributed by atoms with Crippen LogP contribution >= 0.6 is 15.9 Å². The average molecular weight is 282 g/mol. The van der Waals surface area contributed by atoms with Gasteiger partial charge >= 0.3 is 0 Å². The van der Waals surface area contributed by atoms with Crippen LogP contribution in [-0.2, 0) is 13.1 Å². The van der Waals surface area contributed by atoms with Crippen molar-refractivity contribution in [2.75, 3.05) is 5.33 Å². The Hall–Kier alpha value is -1.27. The van der Waals surface area contributed by atoms with Crippen molar-refractivity contribution >= 4 is 15.9 Å². The molecule has 2 N–H and O–H groups in total. The highest BCUT2D eigenvalue weighted by atomic mass is 79.9. The number of aromatic nitrogens is 4. The second-order valence-electron chi connectivity index (χ2n) is 3.20. The molecule has 5 nitrogen and oxygen atoms in total. The first kappa shape index (κ1) is 11.2. The van der Waals surface area contributed by atoms with Crippen molar-refractivity contribution in [3.63, 3.8) is 0 Å². The smallest absolute Gasteiger partial charge is 0.181 e. The molecule has 0 bridgehead atoms. The fourth-order valence-electron chi connectivity index (χ4n) is 1.41. The van der Waals surface area contributed by atoms with Crippen molar-refractivity contribution in [1.82, 2.24) is 19.7 Å². The van der Waals surface area contributed by atoms with Gasteiger partial charge in [0, 0.05) is 23.3 Å². The van der Waals surface area contributed by atoms with E-state index < -0.39 is 0 Å². The Morgan fingerprint density at radius 1 is 1.31 bits per heavy atom. The summed E-state index contributed by atoms with van der Waals surface area (Å²) in [4.78, 5) is 8.36. The number of hydrogen-bond donors (Lipinski definition) is 1. The fraction of sp³-hybridized carbons (Fsp3) is 0.300. The molecule has 84 valence electrons. The molecule has 0 unspecified atom stereocenters. The summed E-state index contributed by atoms with van der Waals surface area (Å²) in [5.41, 5.74) is 6.58. The second-order valence-corrected chi connectivity index (χ2v) is 4.00. The van der Waals surface area contributed by atoms with Crippen molar-refractivity contribution in [3.8, 4) is 11.4 Å².